The average Bonchev–Trinajstić information content (AvgIpc) is 1.89. The molecule has 0 saturated carbocycles. The van der Waals surface area contributed by atoms with Crippen molar-refractivity contribution < 1.29 is 0 Å². The Morgan fingerprint density at radius 3 is 2.70 bits per heavy atom. The van der Waals surface area contributed by atoms with Crippen LogP contribution in [0.4, 0.5) is 0 Å². The van der Waals surface area contributed by atoms with Gasteiger partial charge in [-0.1, -0.05) is 24.3 Å². The normalized spacial score (nSPS) is 13.9. The van der Waals surface area contributed by atoms with E-state index in [4.69, 9.17) is 6.42 Å². The Morgan fingerprint density at radius 2 is 2.30 bits per heavy atom. The summed E-state index contributed by atoms with van der Waals surface area (Å²) < 4.78 is 0. The third kappa shape index (κ3) is 3.14. The maximum absolute atomic E-state index is 5.06. The van der Waals surface area contributed by atoms with E-state index < -0.39 is 0 Å². The van der Waals surface area contributed by atoms with Gasteiger partial charge in [0.2, 0.25) is 0 Å². The van der Waals surface area contributed by atoms with Crippen molar-refractivity contribution in [3.63, 3.8) is 0 Å². The zero-order valence-electron chi connectivity index (χ0n) is 6.30. The van der Waals surface area contributed by atoms with E-state index in [1.54, 1.807) is 12.5 Å². The van der Waals surface area contributed by atoms with Gasteiger partial charge in [-0.25, -0.2) is 0 Å². The highest BCUT2D eigenvalue weighted by Crippen LogP contribution is 2.10. The van der Waals surface area contributed by atoms with Crippen molar-refractivity contribution in [2.75, 3.05) is 0 Å². The predicted octanol–water partition coefficient (Wildman–Crippen LogP) is 2.41. The quantitative estimate of drug-likeness (QED) is 0.408. The Hall–Kier alpha value is -0.960. The molecule has 0 spiro atoms. The summed E-state index contributed by atoms with van der Waals surface area (Å²) in [7, 11) is 0. The number of hydrogen-bond donors (Lipinski definition) is 0. The first kappa shape index (κ1) is 9.04. The van der Waals surface area contributed by atoms with Crippen LogP contribution in [-0.2, 0) is 0 Å². The fourth-order valence-corrected chi connectivity index (χ4v) is 0.557. The first-order valence-corrected chi connectivity index (χ1v) is 3.14. The lowest BCUT2D eigenvalue weighted by Crippen LogP contribution is -1.94. The molecule has 0 aromatic heterocycles. The Bertz CT molecular complexity index is 167. The van der Waals surface area contributed by atoms with E-state index in [2.05, 4.69) is 19.4 Å². The smallest absolute Gasteiger partial charge is 0.0408 e. The molecule has 0 aliphatic heterocycles. The van der Waals surface area contributed by atoms with Crippen LogP contribution in [0.3, 0.4) is 0 Å². The van der Waals surface area contributed by atoms with Crippen LogP contribution in [-0.4, -0.2) is 0 Å². The van der Waals surface area contributed by atoms with Gasteiger partial charge in [0.05, 0.1) is 0 Å². The number of terminal acetylenes is 1. The third-order valence-electron chi connectivity index (χ3n) is 1.26. The van der Waals surface area contributed by atoms with Crippen LogP contribution >= 0.6 is 0 Å². The molecule has 0 rings (SSSR count). The molecule has 0 aliphatic carbocycles. The molecule has 0 amide bonds. The second kappa shape index (κ2) is 4.88. The van der Waals surface area contributed by atoms with Crippen molar-refractivity contribution in [1.29, 1.82) is 0 Å². The number of rotatable bonds is 3. The molecule has 0 fully saturated rings. The number of allylic oxidation sites excluding steroid dienone is 3. The van der Waals surface area contributed by atoms with Gasteiger partial charge in [-0.05, 0) is 19.8 Å². The van der Waals surface area contributed by atoms with E-state index in [0.717, 1.165) is 5.57 Å². The fourth-order valence-electron chi connectivity index (χ4n) is 0.557. The van der Waals surface area contributed by atoms with E-state index in [9.17, 15) is 0 Å². The molecule has 0 heteroatoms. The van der Waals surface area contributed by atoms with Crippen LogP contribution < -0.4 is 0 Å². The summed E-state index contributed by atoms with van der Waals surface area (Å²) in [6.07, 6.45) is 10.4. The highest BCUT2D eigenvalue weighted by molar-refractivity contribution is 5.20. The Morgan fingerprint density at radius 1 is 1.70 bits per heavy atom. The first-order valence-electron chi connectivity index (χ1n) is 3.14. The monoisotopic (exact) mass is 132 g/mol. The maximum atomic E-state index is 5.06. The van der Waals surface area contributed by atoms with Gasteiger partial charge in [-0.15, -0.1) is 12.3 Å². The summed E-state index contributed by atoms with van der Waals surface area (Å²) in [6.45, 7) is 9.38. The van der Waals surface area contributed by atoms with Gasteiger partial charge >= 0.3 is 0 Å². The Kier molecular flexibility index (Phi) is 4.41. The zero-order chi connectivity index (χ0) is 7.98. The van der Waals surface area contributed by atoms with Gasteiger partial charge in [0, 0.05) is 6.42 Å². The minimum Gasteiger partial charge on any atom is -0.120 e. The highest BCUT2D eigenvalue weighted by Gasteiger charge is 2.00. The fraction of sp³-hybridized carbons (Fsp3) is 0.200. The standard InChI is InChI=1S/C10H12/c1-5-7-9(3)10(4)8-6-2/h1,6-9H,2-3H2,4H3/b10-8-. The summed E-state index contributed by atoms with van der Waals surface area (Å²) in [5.74, 6) is 2.56. The SMILES string of the molecule is C#C[CH]C([CH2])/C(C)=C\C=C. The lowest BCUT2D eigenvalue weighted by molar-refractivity contribution is 0.920. The minimum absolute atomic E-state index is 0.114. The van der Waals surface area contributed by atoms with Crippen molar-refractivity contribution in [3.8, 4) is 12.3 Å². The van der Waals surface area contributed by atoms with Crippen LogP contribution in [0.25, 0.3) is 0 Å². The molecule has 0 heterocycles. The molecule has 0 saturated heterocycles. The highest BCUT2D eigenvalue weighted by atomic mass is 14.0. The van der Waals surface area contributed by atoms with Crippen molar-refractivity contribution in [3.05, 3.63) is 37.6 Å². The molecule has 0 bridgehead atoms. The van der Waals surface area contributed by atoms with Gasteiger partial charge in [-0.3, -0.25) is 0 Å². The molecule has 1 atom stereocenters. The van der Waals surface area contributed by atoms with Crippen molar-refractivity contribution >= 4 is 0 Å². The predicted molar refractivity (Wildman–Crippen MR) is 45.9 cm³/mol. The number of hydrogen-bond acceptors (Lipinski definition) is 0. The summed E-state index contributed by atoms with van der Waals surface area (Å²) >= 11 is 0. The summed E-state index contributed by atoms with van der Waals surface area (Å²) in [6, 6.07) is 0. The Labute approximate surface area is 63.6 Å². The largest absolute Gasteiger partial charge is 0.120 e. The molecular weight excluding hydrogens is 120 g/mol. The Balaban J connectivity index is 3.95. The molecule has 0 aliphatic rings. The minimum atomic E-state index is 0.114. The van der Waals surface area contributed by atoms with Crippen LogP contribution in [0.2, 0.25) is 0 Å². The lowest BCUT2D eigenvalue weighted by Gasteiger charge is -2.05. The summed E-state index contributed by atoms with van der Waals surface area (Å²) in [5.41, 5.74) is 1.13. The van der Waals surface area contributed by atoms with Gasteiger partial charge in [0.1, 0.15) is 0 Å². The van der Waals surface area contributed by atoms with E-state index >= 15 is 0 Å². The van der Waals surface area contributed by atoms with Crippen LogP contribution in [0.15, 0.2) is 24.3 Å². The second-order valence-electron chi connectivity index (χ2n) is 2.09. The van der Waals surface area contributed by atoms with Crippen LogP contribution in [0, 0.1) is 31.6 Å². The van der Waals surface area contributed by atoms with Gasteiger partial charge in [0.25, 0.3) is 0 Å². The molecule has 52 valence electrons. The van der Waals surface area contributed by atoms with Gasteiger partial charge < -0.3 is 0 Å². The molecule has 0 aromatic carbocycles. The summed E-state index contributed by atoms with van der Waals surface area (Å²) in [4.78, 5) is 0. The van der Waals surface area contributed by atoms with Gasteiger partial charge in [-0.2, -0.15) is 0 Å². The van der Waals surface area contributed by atoms with E-state index in [1.807, 2.05) is 13.0 Å². The molecule has 10 heavy (non-hydrogen) atoms. The average molecular weight is 132 g/mol. The van der Waals surface area contributed by atoms with Gasteiger partial charge in [0.15, 0.2) is 0 Å². The van der Waals surface area contributed by atoms with Crippen LogP contribution in [0.5, 0.6) is 0 Å². The zero-order valence-corrected chi connectivity index (χ0v) is 6.30. The molecule has 1 unspecified atom stereocenters. The molecule has 0 aromatic rings. The summed E-state index contributed by atoms with van der Waals surface area (Å²) in [5, 5.41) is 0. The van der Waals surface area contributed by atoms with E-state index in [-0.39, 0.29) is 5.92 Å². The molecular formula is C10H12. The molecule has 2 radical (unpaired) electrons. The van der Waals surface area contributed by atoms with Crippen molar-refractivity contribution in [2.24, 2.45) is 5.92 Å². The first-order chi connectivity index (χ1) is 4.72. The van der Waals surface area contributed by atoms with E-state index in [0.29, 0.717) is 0 Å². The third-order valence-corrected chi connectivity index (χ3v) is 1.26. The van der Waals surface area contributed by atoms with Crippen LogP contribution in [0.1, 0.15) is 6.92 Å². The lowest BCUT2D eigenvalue weighted by atomic mass is 9.99. The van der Waals surface area contributed by atoms with Crippen molar-refractivity contribution in [1.82, 2.24) is 0 Å². The van der Waals surface area contributed by atoms with E-state index in [1.165, 1.54) is 0 Å². The molecule has 0 N–H and O–H groups in total. The van der Waals surface area contributed by atoms with Crippen molar-refractivity contribution in [2.45, 2.75) is 6.92 Å². The topological polar surface area (TPSA) is 0 Å². The molecule has 0 nitrogen and oxygen atoms in total. The second-order valence-corrected chi connectivity index (χ2v) is 2.09. The maximum Gasteiger partial charge on any atom is 0.0408 e.